The normalized spacial score (nSPS) is 20.3. The van der Waals surface area contributed by atoms with Crippen LogP contribution in [0.3, 0.4) is 0 Å². The number of carbonyl (C=O) groups excluding carboxylic acids is 2. The molecule has 1 aliphatic heterocycles. The molecule has 29 heavy (non-hydrogen) atoms. The molecule has 1 unspecified atom stereocenters. The number of halogens is 3. The summed E-state index contributed by atoms with van der Waals surface area (Å²) in [4.78, 5) is 31.8. The summed E-state index contributed by atoms with van der Waals surface area (Å²) in [5, 5.41) is 0. The van der Waals surface area contributed by atoms with E-state index < -0.39 is 18.1 Å². The van der Waals surface area contributed by atoms with E-state index in [1.54, 1.807) is 29.3 Å². The maximum Gasteiger partial charge on any atom is 0.395 e. The van der Waals surface area contributed by atoms with E-state index in [-0.39, 0.29) is 24.8 Å². The molecule has 0 bridgehead atoms. The van der Waals surface area contributed by atoms with E-state index in [2.05, 4.69) is 4.98 Å². The SMILES string of the molecule is NC(=O)N(c1ccccn1)C1CCN(C(=O)CC2=CCC(C(F)(F)F)C=C2)CC1. The number of carbonyl (C=O) groups is 2. The van der Waals surface area contributed by atoms with Crippen LogP contribution in [-0.4, -0.2) is 47.1 Å². The second kappa shape index (κ2) is 8.67. The molecule has 6 nitrogen and oxygen atoms in total. The molecule has 9 heteroatoms. The van der Waals surface area contributed by atoms with Gasteiger partial charge in [0.25, 0.3) is 0 Å². The van der Waals surface area contributed by atoms with Crippen LogP contribution in [0.25, 0.3) is 0 Å². The summed E-state index contributed by atoms with van der Waals surface area (Å²) >= 11 is 0. The van der Waals surface area contributed by atoms with Gasteiger partial charge in [0.15, 0.2) is 0 Å². The Balaban J connectivity index is 1.54. The molecule has 0 spiro atoms. The van der Waals surface area contributed by atoms with Gasteiger partial charge in [0, 0.05) is 25.3 Å². The number of anilines is 1. The number of urea groups is 1. The van der Waals surface area contributed by atoms with Crippen LogP contribution in [0.1, 0.15) is 25.7 Å². The highest BCUT2D eigenvalue weighted by atomic mass is 19.4. The third-order valence-corrected chi connectivity index (χ3v) is 5.27. The first-order valence-electron chi connectivity index (χ1n) is 9.47. The minimum absolute atomic E-state index is 0.0749. The number of primary amides is 1. The maximum absolute atomic E-state index is 12.7. The summed E-state index contributed by atoms with van der Waals surface area (Å²) < 4.78 is 38.1. The molecule has 0 aromatic carbocycles. The molecule has 1 aliphatic carbocycles. The van der Waals surface area contributed by atoms with Gasteiger partial charge in [0.05, 0.1) is 12.3 Å². The van der Waals surface area contributed by atoms with Gasteiger partial charge in [0.1, 0.15) is 5.82 Å². The fraction of sp³-hybridized carbons (Fsp3) is 0.450. The summed E-state index contributed by atoms with van der Waals surface area (Å²) in [6.07, 6.45) is 2.36. The number of pyridine rings is 1. The Labute approximate surface area is 166 Å². The second-order valence-electron chi connectivity index (χ2n) is 7.21. The molecule has 1 atom stereocenters. The molecule has 1 aromatic heterocycles. The first kappa shape index (κ1) is 20.9. The summed E-state index contributed by atoms with van der Waals surface area (Å²) in [6.45, 7) is 0.893. The zero-order chi connectivity index (χ0) is 21.0. The van der Waals surface area contributed by atoms with Crippen LogP contribution in [0.5, 0.6) is 0 Å². The van der Waals surface area contributed by atoms with Gasteiger partial charge in [0.2, 0.25) is 5.91 Å². The van der Waals surface area contributed by atoms with Crippen molar-refractivity contribution >= 4 is 17.8 Å². The van der Waals surface area contributed by atoms with Crippen molar-refractivity contribution in [2.75, 3.05) is 18.0 Å². The zero-order valence-corrected chi connectivity index (χ0v) is 15.8. The lowest BCUT2D eigenvalue weighted by atomic mass is 9.94. The van der Waals surface area contributed by atoms with Crippen LogP contribution in [-0.2, 0) is 4.79 Å². The predicted molar refractivity (Wildman–Crippen MR) is 102 cm³/mol. The minimum atomic E-state index is -4.26. The number of likely N-dealkylation sites (tertiary alicyclic amines) is 1. The smallest absolute Gasteiger partial charge is 0.351 e. The van der Waals surface area contributed by atoms with Crippen molar-refractivity contribution in [2.24, 2.45) is 11.7 Å². The molecule has 156 valence electrons. The summed E-state index contributed by atoms with van der Waals surface area (Å²) in [7, 11) is 0. The van der Waals surface area contributed by atoms with Gasteiger partial charge in [-0.15, -0.1) is 0 Å². The van der Waals surface area contributed by atoms with Gasteiger partial charge in [-0.05, 0) is 37.0 Å². The van der Waals surface area contributed by atoms with E-state index in [9.17, 15) is 22.8 Å². The second-order valence-corrected chi connectivity index (χ2v) is 7.21. The number of hydrogen-bond donors (Lipinski definition) is 1. The Kier molecular flexibility index (Phi) is 6.24. The summed E-state index contributed by atoms with van der Waals surface area (Å²) in [6, 6.07) is 4.47. The molecule has 1 fully saturated rings. The third kappa shape index (κ3) is 5.16. The Morgan fingerprint density at radius 2 is 1.97 bits per heavy atom. The maximum atomic E-state index is 12.7. The van der Waals surface area contributed by atoms with E-state index in [0.29, 0.717) is 37.3 Å². The monoisotopic (exact) mass is 408 g/mol. The molecular weight excluding hydrogens is 385 g/mol. The lowest BCUT2D eigenvalue weighted by Crippen LogP contribution is -2.51. The standard InChI is InChI=1S/C20H23F3N4O2/c21-20(22,23)15-6-4-14(5-7-15)13-18(28)26-11-8-16(9-12-26)27(19(24)29)17-3-1-2-10-25-17/h1-6,10,15-16H,7-9,11-13H2,(H2,24,29). The van der Waals surface area contributed by atoms with E-state index in [4.69, 9.17) is 5.73 Å². The number of piperidine rings is 1. The predicted octanol–water partition coefficient (Wildman–Crippen LogP) is 3.41. The van der Waals surface area contributed by atoms with E-state index in [0.717, 1.165) is 6.08 Å². The number of allylic oxidation sites excluding steroid dienone is 3. The highest BCUT2D eigenvalue weighted by Gasteiger charge is 2.38. The van der Waals surface area contributed by atoms with E-state index in [1.807, 2.05) is 0 Å². The average molecular weight is 408 g/mol. The number of nitrogens with zero attached hydrogens (tertiary/aromatic N) is 3. The van der Waals surface area contributed by atoms with Crippen molar-refractivity contribution in [3.8, 4) is 0 Å². The zero-order valence-electron chi connectivity index (χ0n) is 15.8. The van der Waals surface area contributed by atoms with Crippen LogP contribution in [0.2, 0.25) is 0 Å². The third-order valence-electron chi connectivity index (χ3n) is 5.27. The van der Waals surface area contributed by atoms with Crippen molar-refractivity contribution in [1.29, 1.82) is 0 Å². The van der Waals surface area contributed by atoms with Gasteiger partial charge in [-0.1, -0.05) is 24.3 Å². The van der Waals surface area contributed by atoms with Crippen LogP contribution >= 0.6 is 0 Å². The largest absolute Gasteiger partial charge is 0.395 e. The topological polar surface area (TPSA) is 79.5 Å². The molecule has 2 heterocycles. The number of amides is 3. The lowest BCUT2D eigenvalue weighted by molar-refractivity contribution is -0.160. The molecule has 2 N–H and O–H groups in total. The van der Waals surface area contributed by atoms with Crippen LogP contribution < -0.4 is 10.6 Å². The number of alkyl halides is 3. The quantitative estimate of drug-likeness (QED) is 0.829. The van der Waals surface area contributed by atoms with E-state index >= 15 is 0 Å². The molecule has 1 aromatic rings. The number of aromatic nitrogens is 1. The van der Waals surface area contributed by atoms with Crippen molar-refractivity contribution < 1.29 is 22.8 Å². The number of rotatable bonds is 4. The van der Waals surface area contributed by atoms with Gasteiger partial charge >= 0.3 is 12.2 Å². The van der Waals surface area contributed by atoms with Crippen LogP contribution in [0.15, 0.2) is 48.2 Å². The van der Waals surface area contributed by atoms with Crippen molar-refractivity contribution in [1.82, 2.24) is 9.88 Å². The summed E-state index contributed by atoms with van der Waals surface area (Å²) in [5.74, 6) is -1.14. The lowest BCUT2D eigenvalue weighted by Gasteiger charge is -2.37. The van der Waals surface area contributed by atoms with Crippen LogP contribution in [0, 0.1) is 5.92 Å². The van der Waals surface area contributed by atoms with Gasteiger partial charge < -0.3 is 10.6 Å². The molecule has 3 amide bonds. The Morgan fingerprint density at radius 3 is 2.48 bits per heavy atom. The minimum Gasteiger partial charge on any atom is -0.351 e. The van der Waals surface area contributed by atoms with Crippen LogP contribution in [0.4, 0.5) is 23.8 Å². The van der Waals surface area contributed by atoms with E-state index in [1.165, 1.54) is 17.1 Å². The van der Waals surface area contributed by atoms with Gasteiger partial charge in [-0.3, -0.25) is 9.69 Å². The highest BCUT2D eigenvalue weighted by molar-refractivity contribution is 5.90. The summed E-state index contributed by atoms with van der Waals surface area (Å²) in [5.41, 5.74) is 6.13. The number of hydrogen-bond acceptors (Lipinski definition) is 3. The Morgan fingerprint density at radius 1 is 1.24 bits per heavy atom. The molecule has 2 aliphatic rings. The fourth-order valence-electron chi connectivity index (χ4n) is 3.67. The molecule has 0 radical (unpaired) electrons. The van der Waals surface area contributed by atoms with Crippen molar-refractivity contribution in [3.63, 3.8) is 0 Å². The molecular formula is C20H23F3N4O2. The highest BCUT2D eigenvalue weighted by Crippen LogP contribution is 2.33. The molecule has 0 saturated carbocycles. The Bertz CT molecular complexity index is 800. The van der Waals surface area contributed by atoms with Gasteiger partial charge in [-0.25, -0.2) is 9.78 Å². The molecule has 1 saturated heterocycles. The fourth-order valence-corrected chi connectivity index (χ4v) is 3.67. The number of nitrogens with two attached hydrogens (primary N) is 1. The van der Waals surface area contributed by atoms with Crippen molar-refractivity contribution in [2.45, 2.75) is 37.9 Å². The average Bonchev–Trinajstić information content (AvgIpc) is 2.69. The van der Waals surface area contributed by atoms with Gasteiger partial charge in [-0.2, -0.15) is 13.2 Å². The molecule has 3 rings (SSSR count). The first-order valence-corrected chi connectivity index (χ1v) is 9.47. The Hall–Kier alpha value is -2.84. The first-order chi connectivity index (χ1) is 13.8. The van der Waals surface area contributed by atoms with Crippen molar-refractivity contribution in [3.05, 3.63) is 48.2 Å².